The first-order valence-corrected chi connectivity index (χ1v) is 8.76. The number of benzene rings is 2. The number of Topliss-reactive ketones (excluding diaryl/α,β-unsaturated/α-hetero) is 1. The van der Waals surface area contributed by atoms with Gasteiger partial charge in [0.25, 0.3) is 5.69 Å². The smallest absolute Gasteiger partial charge is 0.472 e. The highest BCUT2D eigenvalue weighted by molar-refractivity contribution is 7.47. The molecule has 2 atom stereocenters. The number of nitro groups is 1. The zero-order valence-corrected chi connectivity index (χ0v) is 14.8. The fourth-order valence-electron chi connectivity index (χ4n) is 2.11. The van der Waals surface area contributed by atoms with E-state index < -0.39 is 24.6 Å². The average Bonchev–Trinajstić information content (AvgIpc) is 2.66. The molecule has 0 aliphatic carbocycles. The number of methoxy groups -OCH3 is 1. The Bertz CT molecular complexity index is 834. The van der Waals surface area contributed by atoms with Crippen LogP contribution in [0.1, 0.15) is 22.0 Å². The van der Waals surface area contributed by atoms with Gasteiger partial charge in [0.1, 0.15) is 5.75 Å². The van der Waals surface area contributed by atoms with Crippen molar-refractivity contribution in [1.82, 2.24) is 0 Å². The third-order valence-electron chi connectivity index (χ3n) is 3.49. The normalized spacial score (nSPS) is 14.3. The standard InChI is InChI=1S/C16H16NO8P/c1-23-14-9-5-11(6-10-14)15(18)16(25-26(21,22)24-2)12-3-7-13(8-4-12)17(19)20/h3-10,16H,1-2H3,(H,21,22). The molecule has 1 N–H and O–H groups in total. The van der Waals surface area contributed by atoms with Crippen molar-refractivity contribution in [3.8, 4) is 5.75 Å². The summed E-state index contributed by atoms with van der Waals surface area (Å²) in [5, 5.41) is 10.8. The van der Waals surface area contributed by atoms with Crippen LogP contribution in [0.5, 0.6) is 5.75 Å². The zero-order valence-electron chi connectivity index (χ0n) is 13.9. The van der Waals surface area contributed by atoms with Crippen LogP contribution >= 0.6 is 7.82 Å². The first kappa shape index (κ1) is 19.7. The summed E-state index contributed by atoms with van der Waals surface area (Å²) in [6, 6.07) is 10.9. The van der Waals surface area contributed by atoms with Gasteiger partial charge in [-0.05, 0) is 42.0 Å². The fraction of sp³-hybridized carbons (Fsp3) is 0.188. The maximum atomic E-state index is 12.8. The van der Waals surface area contributed by atoms with Crippen LogP contribution in [0, 0.1) is 10.1 Å². The van der Waals surface area contributed by atoms with E-state index in [1.807, 2.05) is 0 Å². The highest BCUT2D eigenvalue weighted by atomic mass is 31.2. The minimum absolute atomic E-state index is 0.169. The second kappa shape index (κ2) is 8.20. The largest absolute Gasteiger partial charge is 0.497 e. The average molecular weight is 381 g/mol. The van der Waals surface area contributed by atoms with Gasteiger partial charge in [0.15, 0.2) is 11.9 Å². The fourth-order valence-corrected chi connectivity index (χ4v) is 2.68. The molecule has 0 saturated heterocycles. The van der Waals surface area contributed by atoms with Crippen LogP contribution in [0.3, 0.4) is 0 Å². The molecule has 2 aromatic rings. The van der Waals surface area contributed by atoms with Gasteiger partial charge in [0.2, 0.25) is 0 Å². The number of hydrogen-bond donors (Lipinski definition) is 1. The number of nitrogens with zero attached hydrogens (tertiary/aromatic N) is 1. The van der Waals surface area contributed by atoms with Gasteiger partial charge in [-0.1, -0.05) is 0 Å². The van der Waals surface area contributed by atoms with Crippen LogP contribution in [0.25, 0.3) is 0 Å². The van der Waals surface area contributed by atoms with Gasteiger partial charge in [0, 0.05) is 24.8 Å². The summed E-state index contributed by atoms with van der Waals surface area (Å²) in [6.07, 6.45) is -1.49. The summed E-state index contributed by atoms with van der Waals surface area (Å²) in [7, 11) is -2.06. The Labute approximate surface area is 148 Å². The molecular weight excluding hydrogens is 365 g/mol. The van der Waals surface area contributed by atoms with Crippen LogP contribution in [0.4, 0.5) is 5.69 Å². The van der Waals surface area contributed by atoms with Crippen molar-refractivity contribution >= 4 is 19.3 Å². The number of ether oxygens (including phenoxy) is 1. The number of non-ortho nitro benzene ring substituents is 1. The van der Waals surface area contributed by atoms with Crippen molar-refractivity contribution in [2.45, 2.75) is 6.10 Å². The lowest BCUT2D eigenvalue weighted by Crippen LogP contribution is -2.16. The van der Waals surface area contributed by atoms with E-state index in [-0.39, 0.29) is 16.8 Å². The summed E-state index contributed by atoms with van der Waals surface area (Å²) in [5.41, 5.74) is 0.177. The summed E-state index contributed by atoms with van der Waals surface area (Å²) >= 11 is 0. The van der Waals surface area contributed by atoms with Gasteiger partial charge < -0.3 is 9.63 Å². The molecule has 9 nitrogen and oxygen atoms in total. The van der Waals surface area contributed by atoms with Gasteiger partial charge in [-0.2, -0.15) is 0 Å². The number of carbonyl (C=O) groups excluding carboxylic acids is 1. The van der Waals surface area contributed by atoms with Crippen LogP contribution in [-0.2, 0) is 13.6 Å². The predicted molar refractivity (Wildman–Crippen MR) is 91.1 cm³/mol. The highest BCUT2D eigenvalue weighted by Crippen LogP contribution is 2.47. The molecular formula is C16H16NO8P. The second-order valence-corrected chi connectivity index (χ2v) is 6.59. The van der Waals surface area contributed by atoms with Crippen LogP contribution < -0.4 is 4.74 Å². The maximum Gasteiger partial charge on any atom is 0.472 e. The molecule has 0 bridgehead atoms. The SMILES string of the molecule is COc1ccc(C(=O)C(OP(=O)(O)OC)c2ccc([N+](=O)[O-])cc2)cc1. The topological polar surface area (TPSA) is 125 Å². The van der Waals surface area contributed by atoms with E-state index in [0.29, 0.717) is 5.75 Å². The first-order valence-electron chi connectivity index (χ1n) is 7.27. The molecule has 26 heavy (non-hydrogen) atoms. The molecule has 0 saturated carbocycles. The summed E-state index contributed by atoms with van der Waals surface area (Å²) in [4.78, 5) is 32.5. The van der Waals surface area contributed by atoms with Crippen molar-refractivity contribution in [3.05, 3.63) is 69.8 Å². The van der Waals surface area contributed by atoms with Crippen LogP contribution in [0.2, 0.25) is 0 Å². The quantitative estimate of drug-likeness (QED) is 0.320. The number of ketones is 1. The minimum Gasteiger partial charge on any atom is -0.497 e. The van der Waals surface area contributed by atoms with Crippen molar-refractivity contribution in [1.29, 1.82) is 0 Å². The van der Waals surface area contributed by atoms with Crippen molar-refractivity contribution < 1.29 is 33.0 Å². The van der Waals surface area contributed by atoms with Crippen molar-refractivity contribution in [2.24, 2.45) is 0 Å². The monoisotopic (exact) mass is 381 g/mol. The van der Waals surface area contributed by atoms with Gasteiger partial charge in [0.05, 0.1) is 12.0 Å². The van der Waals surface area contributed by atoms with E-state index in [1.165, 1.54) is 43.5 Å². The van der Waals surface area contributed by atoms with Gasteiger partial charge in [-0.25, -0.2) is 4.57 Å². The molecule has 0 spiro atoms. The maximum absolute atomic E-state index is 12.8. The van der Waals surface area contributed by atoms with Gasteiger partial charge in [-0.3, -0.25) is 24.0 Å². The van der Waals surface area contributed by atoms with Gasteiger partial charge >= 0.3 is 7.82 Å². The Kier molecular flexibility index (Phi) is 6.23. The lowest BCUT2D eigenvalue weighted by Gasteiger charge is -2.19. The Morgan fingerprint density at radius 3 is 2.15 bits per heavy atom. The molecule has 2 unspecified atom stereocenters. The number of phosphoric ester groups is 1. The van der Waals surface area contributed by atoms with E-state index in [4.69, 9.17) is 9.26 Å². The Morgan fingerprint density at radius 2 is 1.69 bits per heavy atom. The Balaban J connectivity index is 2.40. The van der Waals surface area contributed by atoms with Crippen molar-refractivity contribution in [2.75, 3.05) is 14.2 Å². The predicted octanol–water partition coefficient (Wildman–Crippen LogP) is 3.29. The molecule has 0 fully saturated rings. The second-order valence-electron chi connectivity index (χ2n) is 5.08. The molecule has 0 aliphatic heterocycles. The molecule has 2 rings (SSSR count). The van der Waals surface area contributed by atoms with Crippen LogP contribution in [-0.4, -0.2) is 29.8 Å². The first-order chi connectivity index (χ1) is 12.3. The Morgan fingerprint density at radius 1 is 1.12 bits per heavy atom. The van der Waals surface area contributed by atoms with Crippen molar-refractivity contribution in [3.63, 3.8) is 0 Å². The molecule has 0 amide bonds. The molecule has 0 aliphatic rings. The summed E-state index contributed by atoms with van der Waals surface area (Å²) < 4.78 is 26.2. The van der Waals surface area contributed by atoms with Gasteiger partial charge in [-0.15, -0.1) is 0 Å². The summed E-state index contributed by atoms with van der Waals surface area (Å²) in [6.45, 7) is 0. The molecule has 0 radical (unpaired) electrons. The zero-order chi connectivity index (χ0) is 19.3. The number of phosphoric acid groups is 1. The van der Waals surface area contributed by atoms with E-state index in [1.54, 1.807) is 12.1 Å². The number of hydrogen-bond acceptors (Lipinski definition) is 7. The molecule has 138 valence electrons. The minimum atomic E-state index is -4.49. The molecule has 0 aromatic heterocycles. The summed E-state index contributed by atoms with van der Waals surface area (Å²) in [5.74, 6) is -0.0908. The van der Waals surface area contributed by atoms with E-state index in [9.17, 15) is 24.4 Å². The van der Waals surface area contributed by atoms with Crippen LogP contribution in [0.15, 0.2) is 48.5 Å². The van der Waals surface area contributed by atoms with E-state index in [2.05, 4.69) is 4.52 Å². The van der Waals surface area contributed by atoms with E-state index >= 15 is 0 Å². The molecule has 2 aromatic carbocycles. The Hall–Kier alpha value is -2.58. The molecule has 10 heteroatoms. The number of carbonyl (C=O) groups is 1. The number of rotatable bonds is 8. The molecule has 0 heterocycles. The third kappa shape index (κ3) is 4.74. The third-order valence-corrected chi connectivity index (χ3v) is 4.43. The highest BCUT2D eigenvalue weighted by Gasteiger charge is 2.32. The lowest BCUT2D eigenvalue weighted by molar-refractivity contribution is -0.384. The lowest BCUT2D eigenvalue weighted by atomic mass is 10.00. The van der Waals surface area contributed by atoms with E-state index in [0.717, 1.165) is 7.11 Å². The number of nitro benzene ring substituents is 1.